The van der Waals surface area contributed by atoms with Crippen LogP contribution >= 0.6 is 11.3 Å². The summed E-state index contributed by atoms with van der Waals surface area (Å²) in [5, 5.41) is 10.9. The van der Waals surface area contributed by atoms with Crippen LogP contribution in [0.1, 0.15) is 12.8 Å². The van der Waals surface area contributed by atoms with Gasteiger partial charge in [-0.15, -0.1) is 11.3 Å². The highest BCUT2D eigenvalue weighted by Crippen LogP contribution is 2.40. The zero-order valence-electron chi connectivity index (χ0n) is 20.4. The van der Waals surface area contributed by atoms with Crippen molar-refractivity contribution >= 4 is 65.2 Å². The van der Waals surface area contributed by atoms with Gasteiger partial charge in [0, 0.05) is 20.2 Å². The first-order chi connectivity index (χ1) is 18.3. The molecule has 0 saturated carbocycles. The molecule has 0 bridgehead atoms. The number of benzene rings is 6. The summed E-state index contributed by atoms with van der Waals surface area (Å²) in [5.41, 5.74) is 5.11. The van der Waals surface area contributed by atoms with Gasteiger partial charge in [0.25, 0.3) is 0 Å². The van der Waals surface area contributed by atoms with Gasteiger partial charge >= 0.3 is 0 Å². The molecular formula is C36H24S. The first kappa shape index (κ1) is 20.9. The van der Waals surface area contributed by atoms with Crippen LogP contribution in [0, 0.1) is 0 Å². The predicted molar refractivity (Wildman–Crippen MR) is 163 cm³/mol. The normalized spacial score (nSPS) is 13.1. The third-order valence-corrected chi connectivity index (χ3v) is 9.10. The molecule has 174 valence electrons. The number of hydrogen-bond donors (Lipinski definition) is 0. The van der Waals surface area contributed by atoms with Crippen molar-refractivity contribution in [2.24, 2.45) is 0 Å². The van der Waals surface area contributed by atoms with Crippen LogP contribution < -0.4 is 10.4 Å². The summed E-state index contributed by atoms with van der Waals surface area (Å²) < 4.78 is 2.71. The predicted octanol–water partition coefficient (Wildman–Crippen LogP) is 9.05. The van der Waals surface area contributed by atoms with Gasteiger partial charge in [0.15, 0.2) is 0 Å². The second-order valence-electron chi connectivity index (χ2n) is 9.98. The van der Waals surface area contributed by atoms with Gasteiger partial charge in [-0.3, -0.25) is 0 Å². The Labute approximate surface area is 219 Å². The molecular weight excluding hydrogens is 464 g/mol. The molecule has 6 aromatic carbocycles. The summed E-state index contributed by atoms with van der Waals surface area (Å²) in [6.07, 6.45) is 7.09. The number of hydrogen-bond acceptors (Lipinski definition) is 1. The first-order valence-electron chi connectivity index (χ1n) is 13.0. The minimum absolute atomic E-state index is 1.12. The van der Waals surface area contributed by atoms with Crippen LogP contribution in [0.25, 0.3) is 76.1 Å². The number of thiophene rings is 1. The molecule has 0 N–H and O–H groups in total. The number of fused-ring (bicyclic) bond motifs is 9. The lowest BCUT2D eigenvalue weighted by Crippen LogP contribution is -2.28. The molecule has 1 aromatic heterocycles. The van der Waals surface area contributed by atoms with Crippen LogP contribution in [0.3, 0.4) is 0 Å². The molecule has 1 heteroatoms. The minimum Gasteiger partial charge on any atom is -0.135 e. The monoisotopic (exact) mass is 488 g/mol. The lowest BCUT2D eigenvalue weighted by Gasteiger charge is -2.13. The molecule has 0 spiro atoms. The van der Waals surface area contributed by atoms with Crippen LogP contribution in [-0.2, 0) is 0 Å². The van der Waals surface area contributed by atoms with Crippen molar-refractivity contribution in [1.29, 1.82) is 0 Å². The Morgan fingerprint density at radius 2 is 1.08 bits per heavy atom. The second-order valence-corrected chi connectivity index (χ2v) is 11.0. The van der Waals surface area contributed by atoms with E-state index in [1.807, 2.05) is 11.3 Å². The molecule has 1 aliphatic rings. The molecule has 0 saturated heterocycles. The van der Waals surface area contributed by atoms with Crippen molar-refractivity contribution in [2.45, 2.75) is 12.8 Å². The third kappa shape index (κ3) is 3.21. The highest BCUT2D eigenvalue weighted by molar-refractivity contribution is 7.26. The lowest BCUT2D eigenvalue weighted by atomic mass is 9.91. The van der Waals surface area contributed by atoms with E-state index in [9.17, 15) is 0 Å². The van der Waals surface area contributed by atoms with E-state index in [1.165, 1.54) is 74.4 Å². The van der Waals surface area contributed by atoms with Crippen LogP contribution in [0.4, 0.5) is 0 Å². The van der Waals surface area contributed by atoms with Crippen LogP contribution in [-0.4, -0.2) is 0 Å². The molecule has 0 unspecified atom stereocenters. The maximum atomic E-state index is 2.43. The first-order valence-corrected chi connectivity index (χ1v) is 13.8. The van der Waals surface area contributed by atoms with E-state index in [1.54, 1.807) is 0 Å². The molecule has 1 aliphatic carbocycles. The fraction of sp³-hybridized carbons (Fsp3) is 0.0556. The van der Waals surface area contributed by atoms with Crippen molar-refractivity contribution < 1.29 is 0 Å². The second kappa shape index (κ2) is 8.16. The minimum atomic E-state index is 1.12. The fourth-order valence-electron chi connectivity index (χ4n) is 6.16. The molecule has 8 rings (SSSR count). The zero-order valence-corrected chi connectivity index (χ0v) is 21.2. The van der Waals surface area contributed by atoms with E-state index in [4.69, 9.17) is 0 Å². The summed E-state index contributed by atoms with van der Waals surface area (Å²) in [4.78, 5) is 0. The molecule has 0 atom stereocenters. The van der Waals surface area contributed by atoms with Crippen molar-refractivity contribution in [3.63, 3.8) is 0 Å². The Bertz CT molecular complexity index is 2140. The Hall–Kier alpha value is -4.20. The SMILES string of the molecule is C1=c2c(c3ccc(-c4cccc(-c5cccc6c5sc5ccccc56)c4)cc3c3ccccc23)=CCC1. The summed E-state index contributed by atoms with van der Waals surface area (Å²) in [6.45, 7) is 0. The third-order valence-electron chi connectivity index (χ3n) is 7.88. The van der Waals surface area contributed by atoms with Gasteiger partial charge in [-0.05, 0) is 85.3 Å². The van der Waals surface area contributed by atoms with E-state index in [0.717, 1.165) is 12.8 Å². The van der Waals surface area contributed by atoms with Gasteiger partial charge in [0.2, 0.25) is 0 Å². The molecule has 0 nitrogen and oxygen atoms in total. The van der Waals surface area contributed by atoms with Crippen molar-refractivity contribution in [2.75, 3.05) is 0 Å². The highest BCUT2D eigenvalue weighted by Gasteiger charge is 2.12. The summed E-state index contributed by atoms with van der Waals surface area (Å²) in [7, 11) is 0. The molecule has 0 fully saturated rings. The summed E-state index contributed by atoms with van der Waals surface area (Å²) in [5.74, 6) is 0. The zero-order chi connectivity index (χ0) is 24.3. The molecule has 37 heavy (non-hydrogen) atoms. The fourth-order valence-corrected chi connectivity index (χ4v) is 7.40. The maximum absolute atomic E-state index is 2.43. The smallest absolute Gasteiger partial charge is 0.0433 e. The number of rotatable bonds is 2. The van der Waals surface area contributed by atoms with Crippen molar-refractivity contribution in [1.82, 2.24) is 0 Å². The van der Waals surface area contributed by atoms with Crippen molar-refractivity contribution in [3.8, 4) is 22.3 Å². The average Bonchev–Trinajstić information content (AvgIpc) is 3.36. The van der Waals surface area contributed by atoms with Crippen molar-refractivity contribution in [3.05, 3.63) is 120 Å². The Balaban J connectivity index is 1.34. The Kier molecular flexibility index (Phi) is 4.62. The van der Waals surface area contributed by atoms with E-state index in [-0.39, 0.29) is 0 Å². The van der Waals surface area contributed by atoms with Gasteiger partial charge in [-0.2, -0.15) is 0 Å². The largest absolute Gasteiger partial charge is 0.135 e. The standard InChI is InChI=1S/C36H24S/c1-2-13-29-27(11-1)28-12-3-4-14-30(28)34-22-24(19-20-31(29)34)23-9-7-10-25(21-23)26-16-8-17-33-32-15-5-6-18-35(32)37-36(26)33/h3-22H,1-2H2. The Morgan fingerprint density at radius 3 is 1.95 bits per heavy atom. The maximum Gasteiger partial charge on any atom is 0.0433 e. The topological polar surface area (TPSA) is 0 Å². The molecule has 0 aliphatic heterocycles. The van der Waals surface area contributed by atoms with Gasteiger partial charge in [0.1, 0.15) is 0 Å². The lowest BCUT2D eigenvalue weighted by molar-refractivity contribution is 1.13. The summed E-state index contributed by atoms with van der Waals surface area (Å²) in [6, 6.07) is 40.5. The van der Waals surface area contributed by atoms with Gasteiger partial charge in [0.05, 0.1) is 0 Å². The molecule has 0 radical (unpaired) electrons. The quantitative estimate of drug-likeness (QED) is 0.213. The molecule has 0 amide bonds. The van der Waals surface area contributed by atoms with Crippen LogP contribution in [0.15, 0.2) is 109 Å². The van der Waals surface area contributed by atoms with Gasteiger partial charge < -0.3 is 0 Å². The summed E-state index contributed by atoms with van der Waals surface area (Å²) >= 11 is 1.89. The highest BCUT2D eigenvalue weighted by atomic mass is 32.1. The average molecular weight is 489 g/mol. The Morgan fingerprint density at radius 1 is 0.432 bits per heavy atom. The van der Waals surface area contributed by atoms with E-state index >= 15 is 0 Å². The molecule has 7 aromatic rings. The van der Waals surface area contributed by atoms with E-state index in [2.05, 4.69) is 121 Å². The van der Waals surface area contributed by atoms with Crippen LogP contribution in [0.5, 0.6) is 0 Å². The van der Waals surface area contributed by atoms with E-state index in [0.29, 0.717) is 0 Å². The van der Waals surface area contributed by atoms with Crippen LogP contribution in [0.2, 0.25) is 0 Å². The van der Waals surface area contributed by atoms with E-state index < -0.39 is 0 Å². The molecule has 1 heterocycles. The van der Waals surface area contributed by atoms with Gasteiger partial charge in [-0.25, -0.2) is 0 Å². The van der Waals surface area contributed by atoms with Gasteiger partial charge in [-0.1, -0.05) is 103 Å².